The minimum Gasteiger partial charge on any atom is -0.377 e. The number of hydrogen-bond donors (Lipinski definition) is 1. The molecule has 1 heterocycles. The number of rotatable bonds is 3. The molecule has 2 nitrogen and oxygen atoms in total. The zero-order valence-corrected chi connectivity index (χ0v) is 10.4. The van der Waals surface area contributed by atoms with E-state index in [9.17, 15) is 0 Å². The molecule has 88 valence electrons. The summed E-state index contributed by atoms with van der Waals surface area (Å²) in [6, 6.07) is 7.18. The molecule has 2 rings (SSSR count). The van der Waals surface area contributed by atoms with Gasteiger partial charge in [0.2, 0.25) is 0 Å². The van der Waals surface area contributed by atoms with E-state index in [4.69, 9.17) is 4.74 Å². The van der Waals surface area contributed by atoms with Crippen molar-refractivity contribution in [3.63, 3.8) is 0 Å². The van der Waals surface area contributed by atoms with Crippen molar-refractivity contribution in [3.05, 3.63) is 34.9 Å². The summed E-state index contributed by atoms with van der Waals surface area (Å²) in [5.41, 5.74) is 4.10. The summed E-state index contributed by atoms with van der Waals surface area (Å²) in [6.45, 7) is 8.30. The fourth-order valence-electron chi connectivity index (χ4n) is 2.16. The van der Waals surface area contributed by atoms with E-state index in [0.29, 0.717) is 12.1 Å². The third-order valence-corrected chi connectivity index (χ3v) is 3.52. The molecule has 1 N–H and O–H groups in total. The Hall–Kier alpha value is -0.860. The van der Waals surface area contributed by atoms with E-state index in [2.05, 4.69) is 44.3 Å². The van der Waals surface area contributed by atoms with Gasteiger partial charge in [-0.25, -0.2) is 0 Å². The van der Waals surface area contributed by atoms with Crippen LogP contribution in [0.3, 0.4) is 0 Å². The molecule has 0 aliphatic carbocycles. The first kappa shape index (κ1) is 11.6. The lowest BCUT2D eigenvalue weighted by Gasteiger charge is -2.16. The van der Waals surface area contributed by atoms with Crippen molar-refractivity contribution in [3.8, 4) is 0 Å². The predicted molar refractivity (Wildman–Crippen MR) is 66.6 cm³/mol. The van der Waals surface area contributed by atoms with Crippen LogP contribution in [0, 0.1) is 13.8 Å². The normalized spacial score (nSPS) is 24.9. The minimum atomic E-state index is 0.353. The molecule has 0 amide bonds. The van der Waals surface area contributed by atoms with Crippen molar-refractivity contribution in [2.75, 3.05) is 6.61 Å². The van der Waals surface area contributed by atoms with Crippen LogP contribution in [0.2, 0.25) is 0 Å². The van der Waals surface area contributed by atoms with Crippen LogP contribution >= 0.6 is 0 Å². The second-order valence-electron chi connectivity index (χ2n) is 4.77. The smallest absolute Gasteiger partial charge is 0.0700 e. The lowest BCUT2D eigenvalue weighted by molar-refractivity contribution is 0.113. The molecule has 1 aliphatic rings. The number of hydrogen-bond acceptors (Lipinski definition) is 2. The highest BCUT2D eigenvalue weighted by Crippen LogP contribution is 2.14. The minimum absolute atomic E-state index is 0.353. The molecule has 0 radical (unpaired) electrons. The summed E-state index contributed by atoms with van der Waals surface area (Å²) in [6.07, 6.45) is 1.48. The van der Waals surface area contributed by atoms with E-state index in [1.165, 1.54) is 16.7 Å². The van der Waals surface area contributed by atoms with Crippen LogP contribution in [-0.2, 0) is 11.3 Å². The molecule has 0 aromatic heterocycles. The van der Waals surface area contributed by atoms with Gasteiger partial charge in [-0.1, -0.05) is 18.2 Å². The molecular weight excluding hydrogens is 198 g/mol. The maximum Gasteiger partial charge on any atom is 0.0700 e. The quantitative estimate of drug-likeness (QED) is 0.843. The van der Waals surface area contributed by atoms with Crippen molar-refractivity contribution in [2.45, 2.75) is 45.9 Å². The highest BCUT2D eigenvalue weighted by Gasteiger charge is 2.23. The Morgan fingerprint density at radius 1 is 1.31 bits per heavy atom. The first-order chi connectivity index (χ1) is 7.66. The lowest BCUT2D eigenvalue weighted by Crippen LogP contribution is -2.34. The van der Waals surface area contributed by atoms with Gasteiger partial charge < -0.3 is 10.1 Å². The molecule has 1 aromatic carbocycles. The molecule has 1 fully saturated rings. The van der Waals surface area contributed by atoms with Gasteiger partial charge in [-0.3, -0.25) is 0 Å². The summed E-state index contributed by atoms with van der Waals surface area (Å²) < 4.78 is 5.53. The van der Waals surface area contributed by atoms with Crippen molar-refractivity contribution in [1.29, 1.82) is 0 Å². The summed E-state index contributed by atoms with van der Waals surface area (Å²) in [5, 5.41) is 3.57. The Morgan fingerprint density at radius 2 is 2.12 bits per heavy atom. The van der Waals surface area contributed by atoms with Gasteiger partial charge in [0.15, 0.2) is 0 Å². The number of ether oxygens (including phenoxy) is 1. The van der Waals surface area contributed by atoms with Crippen LogP contribution in [-0.4, -0.2) is 18.8 Å². The van der Waals surface area contributed by atoms with Crippen molar-refractivity contribution < 1.29 is 4.74 Å². The van der Waals surface area contributed by atoms with Gasteiger partial charge in [-0.2, -0.15) is 0 Å². The molecule has 2 heteroatoms. The highest BCUT2D eigenvalue weighted by molar-refractivity contribution is 5.29. The van der Waals surface area contributed by atoms with E-state index in [-0.39, 0.29) is 0 Å². The molecule has 1 saturated heterocycles. The fourth-order valence-corrected chi connectivity index (χ4v) is 2.16. The van der Waals surface area contributed by atoms with E-state index >= 15 is 0 Å². The topological polar surface area (TPSA) is 21.3 Å². The summed E-state index contributed by atoms with van der Waals surface area (Å²) in [7, 11) is 0. The third kappa shape index (κ3) is 2.63. The molecular formula is C14H21NO. The average molecular weight is 219 g/mol. The average Bonchev–Trinajstić information content (AvgIpc) is 2.66. The van der Waals surface area contributed by atoms with Crippen LogP contribution in [0.1, 0.15) is 30.0 Å². The predicted octanol–water partition coefficient (Wildman–Crippen LogP) is 2.57. The largest absolute Gasteiger partial charge is 0.377 e. The maximum absolute atomic E-state index is 5.53. The number of nitrogens with one attached hydrogen (secondary N) is 1. The summed E-state index contributed by atoms with van der Waals surface area (Å²) >= 11 is 0. The van der Waals surface area contributed by atoms with Gasteiger partial charge in [-0.05, 0) is 43.9 Å². The zero-order valence-electron chi connectivity index (χ0n) is 10.4. The van der Waals surface area contributed by atoms with E-state index in [1.807, 2.05) is 0 Å². The molecule has 0 spiro atoms. The van der Waals surface area contributed by atoms with Crippen LogP contribution < -0.4 is 5.32 Å². The summed E-state index contributed by atoms with van der Waals surface area (Å²) in [5.74, 6) is 0. The first-order valence-electron chi connectivity index (χ1n) is 6.08. The molecule has 1 aromatic rings. The van der Waals surface area contributed by atoms with Crippen LogP contribution in [0.25, 0.3) is 0 Å². The molecule has 1 aliphatic heterocycles. The lowest BCUT2D eigenvalue weighted by atomic mass is 10.1. The second kappa shape index (κ2) is 4.98. The Bertz CT molecular complexity index is 362. The van der Waals surface area contributed by atoms with Gasteiger partial charge in [0, 0.05) is 19.2 Å². The standard InChI is InChI=1S/C14H21NO/c1-10-4-5-13(8-11(10)2)9-15-14-6-7-16-12(14)3/h4-5,8,12,14-15H,6-7,9H2,1-3H3. The van der Waals surface area contributed by atoms with Gasteiger partial charge in [0.1, 0.15) is 0 Å². The SMILES string of the molecule is Cc1ccc(CNC2CCOC2C)cc1C. The zero-order chi connectivity index (χ0) is 11.5. The molecule has 0 bridgehead atoms. The van der Waals surface area contributed by atoms with Gasteiger partial charge in [0.05, 0.1) is 6.10 Å². The van der Waals surface area contributed by atoms with Crippen LogP contribution in [0.4, 0.5) is 0 Å². The molecule has 2 atom stereocenters. The van der Waals surface area contributed by atoms with Gasteiger partial charge in [-0.15, -0.1) is 0 Å². The van der Waals surface area contributed by atoms with E-state index < -0.39 is 0 Å². The van der Waals surface area contributed by atoms with E-state index in [0.717, 1.165) is 19.6 Å². The van der Waals surface area contributed by atoms with Crippen molar-refractivity contribution in [2.24, 2.45) is 0 Å². The van der Waals surface area contributed by atoms with Crippen molar-refractivity contribution >= 4 is 0 Å². The fraction of sp³-hybridized carbons (Fsp3) is 0.571. The Balaban J connectivity index is 1.91. The molecule has 0 saturated carbocycles. The van der Waals surface area contributed by atoms with Crippen LogP contribution in [0.15, 0.2) is 18.2 Å². The third-order valence-electron chi connectivity index (χ3n) is 3.52. The number of aryl methyl sites for hydroxylation is 2. The van der Waals surface area contributed by atoms with Gasteiger partial charge in [0.25, 0.3) is 0 Å². The Morgan fingerprint density at radius 3 is 2.75 bits per heavy atom. The number of benzene rings is 1. The monoisotopic (exact) mass is 219 g/mol. The molecule has 2 unspecified atom stereocenters. The summed E-state index contributed by atoms with van der Waals surface area (Å²) in [4.78, 5) is 0. The second-order valence-corrected chi connectivity index (χ2v) is 4.77. The van der Waals surface area contributed by atoms with Crippen LogP contribution in [0.5, 0.6) is 0 Å². The molecule has 16 heavy (non-hydrogen) atoms. The van der Waals surface area contributed by atoms with Crippen molar-refractivity contribution in [1.82, 2.24) is 5.32 Å². The van der Waals surface area contributed by atoms with Gasteiger partial charge >= 0.3 is 0 Å². The first-order valence-corrected chi connectivity index (χ1v) is 6.08. The Labute approximate surface area is 98.0 Å². The highest BCUT2D eigenvalue weighted by atomic mass is 16.5. The maximum atomic E-state index is 5.53. The Kier molecular flexibility index (Phi) is 3.62. The van der Waals surface area contributed by atoms with E-state index in [1.54, 1.807) is 0 Å².